The lowest BCUT2D eigenvalue weighted by Crippen LogP contribution is -1.91. The number of hydrogen-bond donors (Lipinski definition) is 0. The van der Waals surface area contributed by atoms with Gasteiger partial charge in [0, 0.05) is 11.1 Å². The fraction of sp³-hybridized carbons (Fsp3) is 0.0625. The first-order valence-electron chi connectivity index (χ1n) is 6.43. The van der Waals surface area contributed by atoms with Gasteiger partial charge in [-0.15, -0.1) is 0 Å². The molecule has 0 atom stereocenters. The molecule has 5 nitrogen and oxygen atoms in total. The highest BCUT2D eigenvalue weighted by molar-refractivity contribution is 5.80. The van der Waals surface area contributed by atoms with Crippen LogP contribution in [0.3, 0.4) is 0 Å². The van der Waals surface area contributed by atoms with E-state index in [0.29, 0.717) is 11.1 Å². The molecule has 0 saturated heterocycles. The summed E-state index contributed by atoms with van der Waals surface area (Å²) in [6.45, 7) is 1.95. The molecule has 0 aliphatic carbocycles. The van der Waals surface area contributed by atoms with Crippen molar-refractivity contribution in [3.8, 4) is 22.6 Å². The molecule has 0 radical (unpaired) electrons. The molecule has 1 aromatic heterocycles. The summed E-state index contributed by atoms with van der Waals surface area (Å²) in [5, 5.41) is 15.3. The minimum Gasteiger partial charge on any atom is -0.348 e. The third-order valence-electron chi connectivity index (χ3n) is 3.21. The molecule has 104 valence electrons. The van der Waals surface area contributed by atoms with Crippen LogP contribution in [0.25, 0.3) is 22.6 Å². The molecule has 0 saturated carbocycles. The Kier molecular flexibility index (Phi) is 3.23. The molecule has 0 aliphatic rings. The number of aromatic nitrogens is 1. The van der Waals surface area contributed by atoms with E-state index in [2.05, 4.69) is 5.16 Å². The highest BCUT2D eigenvalue weighted by Gasteiger charge is 2.28. The Balaban J connectivity index is 2.17. The molecule has 0 amide bonds. The normalized spacial score (nSPS) is 10.5. The van der Waals surface area contributed by atoms with E-state index in [1.54, 1.807) is 36.4 Å². The lowest BCUT2D eigenvalue weighted by Gasteiger charge is -1.98. The summed E-state index contributed by atoms with van der Waals surface area (Å²) in [7, 11) is 0. The zero-order chi connectivity index (χ0) is 14.8. The number of aryl methyl sites for hydroxylation is 1. The van der Waals surface area contributed by atoms with Gasteiger partial charge in [-0.2, -0.15) is 0 Å². The highest BCUT2D eigenvalue weighted by Crippen LogP contribution is 2.38. The fourth-order valence-electron chi connectivity index (χ4n) is 2.13. The quantitative estimate of drug-likeness (QED) is 0.532. The summed E-state index contributed by atoms with van der Waals surface area (Å²) < 4.78 is 5.25. The van der Waals surface area contributed by atoms with Gasteiger partial charge >= 0.3 is 5.69 Å². The van der Waals surface area contributed by atoms with Gasteiger partial charge in [-0.25, -0.2) is 0 Å². The van der Waals surface area contributed by atoms with E-state index in [9.17, 15) is 10.1 Å². The number of nitrogens with zero attached hydrogens (tertiary/aromatic N) is 2. The van der Waals surface area contributed by atoms with Crippen molar-refractivity contribution in [1.29, 1.82) is 0 Å². The number of benzene rings is 2. The Morgan fingerprint density at radius 2 is 1.67 bits per heavy atom. The molecule has 2 aromatic carbocycles. The van der Waals surface area contributed by atoms with E-state index in [-0.39, 0.29) is 17.1 Å². The van der Waals surface area contributed by atoms with Gasteiger partial charge < -0.3 is 4.52 Å². The monoisotopic (exact) mass is 280 g/mol. The minimum absolute atomic E-state index is 0.106. The molecular weight excluding hydrogens is 268 g/mol. The third kappa shape index (κ3) is 2.41. The van der Waals surface area contributed by atoms with Crippen molar-refractivity contribution >= 4 is 5.69 Å². The Hall–Kier alpha value is -2.95. The molecule has 0 aliphatic heterocycles. The summed E-state index contributed by atoms with van der Waals surface area (Å²) in [4.78, 5) is 11.0. The van der Waals surface area contributed by atoms with Crippen LogP contribution in [0.5, 0.6) is 0 Å². The van der Waals surface area contributed by atoms with Crippen LogP contribution in [-0.4, -0.2) is 10.1 Å². The summed E-state index contributed by atoms with van der Waals surface area (Å²) in [5.41, 5.74) is 2.51. The smallest absolute Gasteiger partial charge is 0.344 e. The SMILES string of the molecule is Cc1ccc(-c2onc(-c3ccccc3)c2[N+](=O)[O-])cc1. The lowest BCUT2D eigenvalue weighted by molar-refractivity contribution is -0.383. The largest absolute Gasteiger partial charge is 0.348 e. The van der Waals surface area contributed by atoms with Crippen molar-refractivity contribution in [2.24, 2.45) is 0 Å². The van der Waals surface area contributed by atoms with Crippen LogP contribution in [0, 0.1) is 17.0 Å². The third-order valence-corrected chi connectivity index (χ3v) is 3.21. The van der Waals surface area contributed by atoms with Crippen molar-refractivity contribution in [2.75, 3.05) is 0 Å². The van der Waals surface area contributed by atoms with Crippen LogP contribution in [0.4, 0.5) is 5.69 Å². The van der Waals surface area contributed by atoms with Crippen LogP contribution in [0.1, 0.15) is 5.56 Å². The van der Waals surface area contributed by atoms with Gasteiger partial charge in [0.05, 0.1) is 4.92 Å². The Bertz CT molecular complexity index is 777. The van der Waals surface area contributed by atoms with Gasteiger partial charge in [0.15, 0.2) is 5.69 Å². The second kappa shape index (κ2) is 5.20. The second-order valence-corrected chi connectivity index (χ2v) is 4.70. The van der Waals surface area contributed by atoms with Crippen molar-refractivity contribution in [1.82, 2.24) is 5.16 Å². The lowest BCUT2D eigenvalue weighted by atomic mass is 10.1. The van der Waals surface area contributed by atoms with Gasteiger partial charge in [-0.1, -0.05) is 65.3 Å². The van der Waals surface area contributed by atoms with Crippen LogP contribution in [0.15, 0.2) is 59.1 Å². The predicted octanol–water partition coefficient (Wildman–Crippen LogP) is 4.23. The van der Waals surface area contributed by atoms with Gasteiger partial charge in [0.2, 0.25) is 5.76 Å². The van der Waals surface area contributed by atoms with Crippen molar-refractivity contribution in [2.45, 2.75) is 6.92 Å². The standard InChI is InChI=1S/C16H12N2O3/c1-11-7-9-13(10-8-11)16-15(18(19)20)14(17-21-16)12-5-3-2-4-6-12/h2-10H,1H3. The van der Waals surface area contributed by atoms with Gasteiger partial charge in [-0.3, -0.25) is 10.1 Å². The molecular formula is C16H12N2O3. The summed E-state index contributed by atoms with van der Waals surface area (Å²) in [6, 6.07) is 16.3. The zero-order valence-electron chi connectivity index (χ0n) is 11.3. The molecule has 0 bridgehead atoms. The van der Waals surface area contributed by atoms with Crippen LogP contribution in [-0.2, 0) is 0 Å². The van der Waals surface area contributed by atoms with Gasteiger partial charge in [0.25, 0.3) is 0 Å². The first kappa shape index (κ1) is 13.1. The van der Waals surface area contributed by atoms with E-state index in [1.165, 1.54) is 0 Å². The molecule has 0 unspecified atom stereocenters. The summed E-state index contributed by atoms with van der Waals surface area (Å²) >= 11 is 0. The van der Waals surface area contributed by atoms with Crippen LogP contribution < -0.4 is 0 Å². The molecule has 0 spiro atoms. The molecule has 21 heavy (non-hydrogen) atoms. The van der Waals surface area contributed by atoms with Crippen molar-refractivity contribution in [3.63, 3.8) is 0 Å². The average molecular weight is 280 g/mol. The molecule has 0 N–H and O–H groups in total. The maximum Gasteiger partial charge on any atom is 0.344 e. The summed E-state index contributed by atoms with van der Waals surface area (Å²) in [5.74, 6) is 0.179. The van der Waals surface area contributed by atoms with Crippen molar-refractivity contribution < 1.29 is 9.45 Å². The van der Waals surface area contributed by atoms with E-state index in [4.69, 9.17) is 4.52 Å². The van der Waals surface area contributed by atoms with Gasteiger partial charge in [0.1, 0.15) is 0 Å². The second-order valence-electron chi connectivity index (χ2n) is 4.70. The molecule has 0 fully saturated rings. The number of rotatable bonds is 3. The maximum absolute atomic E-state index is 11.4. The zero-order valence-corrected chi connectivity index (χ0v) is 11.3. The van der Waals surface area contributed by atoms with E-state index >= 15 is 0 Å². The molecule has 3 aromatic rings. The summed E-state index contributed by atoms with van der Waals surface area (Å²) in [6.07, 6.45) is 0. The molecule has 1 heterocycles. The minimum atomic E-state index is -0.450. The highest BCUT2D eigenvalue weighted by atomic mass is 16.6. The average Bonchev–Trinajstić information content (AvgIpc) is 2.94. The van der Waals surface area contributed by atoms with Gasteiger partial charge in [-0.05, 0) is 6.92 Å². The number of hydrogen-bond acceptors (Lipinski definition) is 4. The molecule has 3 rings (SSSR count). The Morgan fingerprint density at radius 3 is 2.29 bits per heavy atom. The van der Waals surface area contributed by atoms with E-state index in [0.717, 1.165) is 5.56 Å². The maximum atomic E-state index is 11.4. The molecule has 5 heteroatoms. The topological polar surface area (TPSA) is 69.2 Å². The Labute approximate surface area is 121 Å². The number of nitro groups is 1. The first-order chi connectivity index (χ1) is 10.2. The Morgan fingerprint density at radius 1 is 1.00 bits per heavy atom. The van der Waals surface area contributed by atoms with E-state index < -0.39 is 4.92 Å². The van der Waals surface area contributed by atoms with Crippen LogP contribution >= 0.6 is 0 Å². The van der Waals surface area contributed by atoms with E-state index in [1.807, 2.05) is 25.1 Å². The van der Waals surface area contributed by atoms with Crippen molar-refractivity contribution in [3.05, 3.63) is 70.3 Å². The predicted molar refractivity (Wildman–Crippen MR) is 78.8 cm³/mol. The van der Waals surface area contributed by atoms with Crippen LogP contribution in [0.2, 0.25) is 0 Å². The first-order valence-corrected chi connectivity index (χ1v) is 6.43. The fourth-order valence-corrected chi connectivity index (χ4v) is 2.13.